The summed E-state index contributed by atoms with van der Waals surface area (Å²) >= 11 is 0. The molecule has 5 N–H and O–H groups in total. The van der Waals surface area contributed by atoms with Crippen LogP contribution >= 0.6 is 0 Å². The van der Waals surface area contributed by atoms with Crippen molar-refractivity contribution in [3.05, 3.63) is 24.0 Å². The number of hydrogen-bond donors (Lipinski definition) is 3. The van der Waals surface area contributed by atoms with Crippen molar-refractivity contribution in [3.63, 3.8) is 0 Å². The van der Waals surface area contributed by atoms with Crippen LogP contribution < -0.4 is 16.8 Å². The number of nitrogens with two attached hydrogens (primary N) is 2. The van der Waals surface area contributed by atoms with Crippen molar-refractivity contribution in [2.24, 2.45) is 11.5 Å². The van der Waals surface area contributed by atoms with Gasteiger partial charge in [0.05, 0.1) is 11.4 Å². The molecule has 1 heterocycles. The van der Waals surface area contributed by atoms with E-state index in [1.54, 1.807) is 18.3 Å². The molecule has 0 aliphatic carbocycles. The Bertz CT molecular complexity index is 286. The van der Waals surface area contributed by atoms with E-state index in [1.807, 2.05) is 0 Å². The number of anilines is 1. The molecule has 0 aromatic carbocycles. The van der Waals surface area contributed by atoms with Crippen molar-refractivity contribution in [1.29, 1.82) is 0 Å². The highest BCUT2D eigenvalue weighted by atomic mass is 16.2. The van der Waals surface area contributed by atoms with Gasteiger partial charge in [0.15, 0.2) is 0 Å². The zero-order valence-corrected chi connectivity index (χ0v) is 6.45. The highest BCUT2D eigenvalue weighted by molar-refractivity contribution is 5.88. The number of rotatable bonds is 2. The first-order valence-electron chi connectivity index (χ1n) is 3.44. The molecule has 1 rings (SSSR count). The maximum absolute atomic E-state index is 10.5. The van der Waals surface area contributed by atoms with Gasteiger partial charge in [-0.25, -0.2) is 4.79 Å². The lowest BCUT2D eigenvalue weighted by Crippen LogP contribution is -2.21. The van der Waals surface area contributed by atoms with Gasteiger partial charge in [-0.15, -0.1) is 0 Å². The number of carbonyl (C=O) groups excluding carboxylic acids is 1. The van der Waals surface area contributed by atoms with Crippen LogP contribution in [0.25, 0.3) is 0 Å². The molecule has 64 valence electrons. The van der Waals surface area contributed by atoms with E-state index in [4.69, 9.17) is 11.5 Å². The third-order valence-electron chi connectivity index (χ3n) is 1.34. The van der Waals surface area contributed by atoms with E-state index in [1.165, 1.54) is 0 Å². The first-order chi connectivity index (χ1) is 5.74. The number of primary amides is 1. The summed E-state index contributed by atoms with van der Waals surface area (Å²) in [6, 6.07) is 2.78. The molecule has 0 spiro atoms. The molecule has 0 bridgehead atoms. The molecule has 0 saturated carbocycles. The van der Waals surface area contributed by atoms with Gasteiger partial charge in [-0.2, -0.15) is 0 Å². The summed E-state index contributed by atoms with van der Waals surface area (Å²) in [5.41, 5.74) is 11.5. The summed E-state index contributed by atoms with van der Waals surface area (Å²) in [5, 5.41) is 2.42. The van der Waals surface area contributed by atoms with Gasteiger partial charge in [0.25, 0.3) is 0 Å². The second-order valence-corrected chi connectivity index (χ2v) is 2.19. The number of aromatic nitrogens is 1. The summed E-state index contributed by atoms with van der Waals surface area (Å²) in [6.45, 7) is 0.274. The fraction of sp³-hybridized carbons (Fsp3) is 0.143. The number of nitrogens with zero attached hydrogens (tertiary/aromatic N) is 1. The molecule has 0 aliphatic heterocycles. The van der Waals surface area contributed by atoms with Gasteiger partial charge in [-0.1, -0.05) is 0 Å². The van der Waals surface area contributed by atoms with E-state index in [0.717, 1.165) is 0 Å². The van der Waals surface area contributed by atoms with Crippen molar-refractivity contribution >= 4 is 11.7 Å². The standard InChI is InChI=1S/C7H10N4O/c8-4-6-5(11-7(9)12)2-1-3-10-6/h1-3H,4,8H2,(H3,9,11,12). The van der Waals surface area contributed by atoms with E-state index >= 15 is 0 Å². The van der Waals surface area contributed by atoms with Crippen LogP contribution in [0, 0.1) is 0 Å². The Hall–Kier alpha value is -1.62. The summed E-state index contributed by atoms with van der Waals surface area (Å²) in [6.07, 6.45) is 1.61. The van der Waals surface area contributed by atoms with Gasteiger partial charge >= 0.3 is 6.03 Å². The van der Waals surface area contributed by atoms with Crippen LogP contribution in [0.15, 0.2) is 18.3 Å². The summed E-state index contributed by atoms with van der Waals surface area (Å²) in [7, 11) is 0. The topological polar surface area (TPSA) is 94.0 Å². The van der Waals surface area contributed by atoms with Crippen molar-refractivity contribution < 1.29 is 4.79 Å². The molecule has 5 nitrogen and oxygen atoms in total. The fourth-order valence-electron chi connectivity index (χ4n) is 0.847. The third-order valence-corrected chi connectivity index (χ3v) is 1.34. The zero-order chi connectivity index (χ0) is 8.97. The lowest BCUT2D eigenvalue weighted by atomic mass is 10.3. The molecule has 1 aromatic heterocycles. The Labute approximate surface area is 69.8 Å². The van der Waals surface area contributed by atoms with Crippen molar-refractivity contribution in [1.82, 2.24) is 4.98 Å². The van der Waals surface area contributed by atoms with E-state index in [-0.39, 0.29) is 6.54 Å². The van der Waals surface area contributed by atoms with Crippen LogP contribution in [0.4, 0.5) is 10.5 Å². The molecule has 0 radical (unpaired) electrons. The second-order valence-electron chi connectivity index (χ2n) is 2.19. The monoisotopic (exact) mass is 166 g/mol. The molecular formula is C7H10N4O. The maximum atomic E-state index is 10.5. The van der Waals surface area contributed by atoms with E-state index < -0.39 is 6.03 Å². The van der Waals surface area contributed by atoms with Gasteiger partial charge < -0.3 is 16.8 Å². The average Bonchev–Trinajstić information content (AvgIpc) is 2.04. The van der Waals surface area contributed by atoms with Crippen LogP contribution in [0.3, 0.4) is 0 Å². The zero-order valence-electron chi connectivity index (χ0n) is 6.45. The Balaban J connectivity index is 2.89. The van der Waals surface area contributed by atoms with Crippen LogP contribution in [0.5, 0.6) is 0 Å². The predicted molar refractivity (Wildman–Crippen MR) is 45.3 cm³/mol. The molecule has 5 heteroatoms. The van der Waals surface area contributed by atoms with E-state index in [0.29, 0.717) is 11.4 Å². The summed E-state index contributed by atoms with van der Waals surface area (Å²) in [4.78, 5) is 14.4. The van der Waals surface area contributed by atoms with Gasteiger partial charge in [-0.3, -0.25) is 4.98 Å². The molecule has 0 saturated heterocycles. The smallest absolute Gasteiger partial charge is 0.316 e. The first kappa shape index (κ1) is 8.48. The van der Waals surface area contributed by atoms with E-state index in [2.05, 4.69) is 10.3 Å². The Morgan fingerprint density at radius 3 is 3.00 bits per heavy atom. The minimum atomic E-state index is -0.613. The molecule has 12 heavy (non-hydrogen) atoms. The lowest BCUT2D eigenvalue weighted by Gasteiger charge is -2.05. The molecule has 0 atom stereocenters. The number of carbonyl (C=O) groups is 1. The minimum absolute atomic E-state index is 0.274. The molecular weight excluding hydrogens is 156 g/mol. The third kappa shape index (κ3) is 1.93. The van der Waals surface area contributed by atoms with Crippen LogP contribution in [0.1, 0.15) is 5.69 Å². The highest BCUT2D eigenvalue weighted by Crippen LogP contribution is 2.09. The molecule has 1 aromatic rings. The first-order valence-corrected chi connectivity index (χ1v) is 3.44. The van der Waals surface area contributed by atoms with Gasteiger partial charge in [0, 0.05) is 12.7 Å². The Morgan fingerprint density at radius 1 is 1.67 bits per heavy atom. The van der Waals surface area contributed by atoms with Crippen LogP contribution in [-0.4, -0.2) is 11.0 Å². The van der Waals surface area contributed by atoms with Gasteiger partial charge in [-0.05, 0) is 12.1 Å². The SMILES string of the molecule is NCc1ncccc1NC(N)=O. The molecule has 0 unspecified atom stereocenters. The lowest BCUT2D eigenvalue weighted by molar-refractivity contribution is 0.259. The van der Waals surface area contributed by atoms with Crippen LogP contribution in [0.2, 0.25) is 0 Å². The Morgan fingerprint density at radius 2 is 2.42 bits per heavy atom. The molecule has 0 aliphatic rings. The van der Waals surface area contributed by atoms with Crippen molar-refractivity contribution in [2.75, 3.05) is 5.32 Å². The maximum Gasteiger partial charge on any atom is 0.316 e. The van der Waals surface area contributed by atoms with Crippen molar-refractivity contribution in [3.8, 4) is 0 Å². The number of urea groups is 1. The van der Waals surface area contributed by atoms with Gasteiger partial charge in [0.2, 0.25) is 0 Å². The second kappa shape index (κ2) is 3.68. The number of nitrogens with one attached hydrogen (secondary N) is 1. The number of hydrogen-bond acceptors (Lipinski definition) is 3. The van der Waals surface area contributed by atoms with Crippen molar-refractivity contribution in [2.45, 2.75) is 6.54 Å². The predicted octanol–water partition coefficient (Wildman–Crippen LogP) is 0.0309. The number of amides is 2. The minimum Gasteiger partial charge on any atom is -0.351 e. The van der Waals surface area contributed by atoms with E-state index in [9.17, 15) is 4.79 Å². The fourth-order valence-corrected chi connectivity index (χ4v) is 0.847. The molecule has 2 amide bonds. The quantitative estimate of drug-likeness (QED) is 0.578. The number of pyridine rings is 1. The van der Waals surface area contributed by atoms with Gasteiger partial charge in [0.1, 0.15) is 0 Å². The van der Waals surface area contributed by atoms with Crippen LogP contribution in [-0.2, 0) is 6.54 Å². The normalized spacial score (nSPS) is 9.42. The highest BCUT2D eigenvalue weighted by Gasteiger charge is 2.01. The summed E-state index contributed by atoms with van der Waals surface area (Å²) < 4.78 is 0. The average molecular weight is 166 g/mol. The largest absolute Gasteiger partial charge is 0.351 e. The molecule has 0 fully saturated rings. The Kier molecular flexibility index (Phi) is 2.60. The summed E-state index contributed by atoms with van der Waals surface area (Å²) in [5.74, 6) is 0.